The van der Waals surface area contributed by atoms with Crippen molar-refractivity contribution in [2.75, 3.05) is 0 Å². The number of hydrogen-bond donors (Lipinski definition) is 1. The number of carboxylic acid groups (broad SMARTS) is 1. The molecular formula is C16H12O5. The highest BCUT2D eigenvalue weighted by atomic mass is 16.5. The Labute approximate surface area is 119 Å². The van der Waals surface area contributed by atoms with Gasteiger partial charge in [-0.1, -0.05) is 18.2 Å². The minimum absolute atomic E-state index is 0.343. The first kappa shape index (κ1) is 13.2. The number of carboxylic acids is 1. The molecule has 5 heteroatoms. The van der Waals surface area contributed by atoms with Crippen LogP contribution in [-0.2, 0) is 4.79 Å². The van der Waals surface area contributed by atoms with Gasteiger partial charge in [0.15, 0.2) is 6.10 Å². The molecule has 21 heavy (non-hydrogen) atoms. The number of fused-ring (bicyclic) bond motifs is 3. The third kappa shape index (κ3) is 2.33. The van der Waals surface area contributed by atoms with Crippen LogP contribution in [0.2, 0.25) is 0 Å². The average molecular weight is 284 g/mol. The Bertz CT molecular complexity index is 894. The first-order valence-corrected chi connectivity index (χ1v) is 6.41. The molecule has 0 aliphatic carbocycles. The summed E-state index contributed by atoms with van der Waals surface area (Å²) in [5.41, 5.74) is -0.0599. The average Bonchev–Trinajstić information content (AvgIpc) is 2.47. The highest BCUT2D eigenvalue weighted by Gasteiger charge is 2.14. The van der Waals surface area contributed by atoms with Crippen LogP contribution in [0.3, 0.4) is 0 Å². The van der Waals surface area contributed by atoms with Gasteiger partial charge in [0.2, 0.25) is 0 Å². The van der Waals surface area contributed by atoms with E-state index in [1.807, 2.05) is 12.1 Å². The van der Waals surface area contributed by atoms with E-state index in [0.717, 1.165) is 10.8 Å². The van der Waals surface area contributed by atoms with Gasteiger partial charge in [-0.2, -0.15) is 0 Å². The highest BCUT2D eigenvalue weighted by Crippen LogP contribution is 2.26. The number of carbonyl (C=O) groups is 1. The van der Waals surface area contributed by atoms with E-state index >= 15 is 0 Å². The summed E-state index contributed by atoms with van der Waals surface area (Å²) in [5.74, 6) is -0.717. The van der Waals surface area contributed by atoms with Crippen molar-refractivity contribution in [1.29, 1.82) is 0 Å². The molecule has 0 saturated carbocycles. The molecular weight excluding hydrogens is 272 g/mol. The van der Waals surface area contributed by atoms with Gasteiger partial charge in [0.25, 0.3) is 0 Å². The molecule has 1 unspecified atom stereocenters. The van der Waals surface area contributed by atoms with Crippen LogP contribution in [0.1, 0.15) is 6.92 Å². The highest BCUT2D eigenvalue weighted by molar-refractivity contribution is 6.04. The lowest BCUT2D eigenvalue weighted by atomic mass is 10.1. The number of ether oxygens (including phenoxy) is 1. The third-order valence-electron chi connectivity index (χ3n) is 3.25. The predicted molar refractivity (Wildman–Crippen MR) is 77.7 cm³/mol. The van der Waals surface area contributed by atoms with Gasteiger partial charge < -0.3 is 14.3 Å². The van der Waals surface area contributed by atoms with Crippen LogP contribution in [0.25, 0.3) is 21.7 Å². The van der Waals surface area contributed by atoms with Crippen LogP contribution in [-0.4, -0.2) is 17.2 Å². The zero-order valence-electron chi connectivity index (χ0n) is 11.2. The van der Waals surface area contributed by atoms with Crippen molar-refractivity contribution in [3.8, 4) is 5.75 Å². The van der Waals surface area contributed by atoms with E-state index in [2.05, 4.69) is 0 Å². The van der Waals surface area contributed by atoms with Crippen LogP contribution in [0.5, 0.6) is 5.75 Å². The van der Waals surface area contributed by atoms with Gasteiger partial charge in [-0.25, -0.2) is 9.59 Å². The van der Waals surface area contributed by atoms with E-state index in [1.54, 1.807) is 24.3 Å². The molecule has 1 aromatic heterocycles. The second-order valence-corrected chi connectivity index (χ2v) is 4.69. The van der Waals surface area contributed by atoms with Crippen LogP contribution in [0.4, 0.5) is 0 Å². The number of hydrogen-bond acceptors (Lipinski definition) is 4. The van der Waals surface area contributed by atoms with Crippen molar-refractivity contribution in [2.45, 2.75) is 13.0 Å². The van der Waals surface area contributed by atoms with Crippen LogP contribution >= 0.6 is 0 Å². The summed E-state index contributed by atoms with van der Waals surface area (Å²) in [5, 5.41) is 10.9. The Morgan fingerprint density at radius 2 is 1.86 bits per heavy atom. The molecule has 1 heterocycles. The number of aliphatic carboxylic acids is 1. The molecule has 0 radical (unpaired) electrons. The zero-order valence-corrected chi connectivity index (χ0v) is 11.2. The maximum atomic E-state index is 11.9. The summed E-state index contributed by atoms with van der Waals surface area (Å²) >= 11 is 0. The van der Waals surface area contributed by atoms with Gasteiger partial charge in [0.05, 0.1) is 5.39 Å². The van der Waals surface area contributed by atoms with Gasteiger partial charge in [-0.15, -0.1) is 0 Å². The lowest BCUT2D eigenvalue weighted by Gasteiger charge is -2.11. The van der Waals surface area contributed by atoms with Crippen LogP contribution in [0.15, 0.2) is 51.7 Å². The topological polar surface area (TPSA) is 76.7 Å². The van der Waals surface area contributed by atoms with Gasteiger partial charge in [-0.05, 0) is 30.5 Å². The lowest BCUT2D eigenvalue weighted by molar-refractivity contribution is -0.144. The molecule has 0 fully saturated rings. The molecule has 3 aromatic rings. The van der Waals surface area contributed by atoms with Crippen molar-refractivity contribution in [3.63, 3.8) is 0 Å². The molecule has 0 amide bonds. The molecule has 3 rings (SSSR count). The first-order valence-electron chi connectivity index (χ1n) is 6.41. The second kappa shape index (κ2) is 4.94. The molecule has 1 atom stereocenters. The van der Waals surface area contributed by atoms with Gasteiger partial charge in [0.1, 0.15) is 11.3 Å². The van der Waals surface area contributed by atoms with Crippen molar-refractivity contribution in [1.82, 2.24) is 0 Å². The van der Waals surface area contributed by atoms with Gasteiger partial charge in [0, 0.05) is 11.5 Å². The fourth-order valence-electron chi connectivity index (χ4n) is 2.19. The molecule has 2 aromatic carbocycles. The van der Waals surface area contributed by atoms with E-state index in [1.165, 1.54) is 13.0 Å². The lowest BCUT2D eigenvalue weighted by Crippen LogP contribution is -2.22. The quantitative estimate of drug-likeness (QED) is 0.591. The Kier molecular flexibility index (Phi) is 3.10. The van der Waals surface area contributed by atoms with Crippen molar-refractivity contribution in [2.24, 2.45) is 0 Å². The van der Waals surface area contributed by atoms with Crippen molar-refractivity contribution >= 4 is 27.7 Å². The summed E-state index contributed by atoms with van der Waals surface area (Å²) in [6, 6.07) is 12.1. The molecule has 0 aliphatic rings. The predicted octanol–water partition coefficient (Wildman–Crippen LogP) is 2.80. The van der Waals surface area contributed by atoms with Gasteiger partial charge >= 0.3 is 11.6 Å². The first-order chi connectivity index (χ1) is 10.1. The fraction of sp³-hybridized carbons (Fsp3) is 0.125. The summed E-state index contributed by atoms with van der Waals surface area (Å²) in [6.07, 6.45) is -0.977. The Morgan fingerprint density at radius 1 is 1.14 bits per heavy atom. The normalized spacial score (nSPS) is 12.4. The molecule has 0 bridgehead atoms. The Hall–Kier alpha value is -2.82. The van der Waals surface area contributed by atoms with E-state index in [4.69, 9.17) is 14.3 Å². The van der Waals surface area contributed by atoms with Crippen molar-refractivity contribution < 1.29 is 19.1 Å². The molecule has 0 spiro atoms. The molecule has 0 saturated heterocycles. The minimum Gasteiger partial charge on any atom is -0.479 e. The molecule has 1 N–H and O–H groups in total. The summed E-state index contributed by atoms with van der Waals surface area (Å²) in [7, 11) is 0. The third-order valence-corrected chi connectivity index (χ3v) is 3.25. The smallest absolute Gasteiger partial charge is 0.344 e. The Balaban J connectivity index is 2.17. The van der Waals surface area contributed by atoms with E-state index < -0.39 is 17.7 Å². The van der Waals surface area contributed by atoms with E-state index in [0.29, 0.717) is 16.7 Å². The monoisotopic (exact) mass is 284 g/mol. The van der Waals surface area contributed by atoms with Crippen molar-refractivity contribution in [3.05, 3.63) is 52.9 Å². The summed E-state index contributed by atoms with van der Waals surface area (Å²) < 4.78 is 10.5. The SMILES string of the molecule is CC(Oc1ccc2c(c1)oc(=O)c1ccccc12)C(=O)O. The number of benzene rings is 2. The standard InChI is InChI=1S/C16H12O5/c1-9(15(17)18)20-10-6-7-12-11-4-2-3-5-13(11)16(19)21-14(12)8-10/h2-9H,1H3,(H,17,18). The number of rotatable bonds is 3. The van der Waals surface area contributed by atoms with Gasteiger partial charge in [-0.3, -0.25) is 0 Å². The van der Waals surface area contributed by atoms with E-state index in [-0.39, 0.29) is 0 Å². The zero-order chi connectivity index (χ0) is 15.0. The molecule has 5 nitrogen and oxygen atoms in total. The van der Waals surface area contributed by atoms with Crippen LogP contribution < -0.4 is 10.4 Å². The van der Waals surface area contributed by atoms with Crippen LogP contribution in [0, 0.1) is 0 Å². The fourth-order valence-corrected chi connectivity index (χ4v) is 2.19. The maximum Gasteiger partial charge on any atom is 0.344 e. The largest absolute Gasteiger partial charge is 0.479 e. The summed E-state index contributed by atoms with van der Waals surface area (Å²) in [4.78, 5) is 22.7. The maximum absolute atomic E-state index is 11.9. The second-order valence-electron chi connectivity index (χ2n) is 4.69. The van der Waals surface area contributed by atoms with E-state index in [9.17, 15) is 9.59 Å². The molecule has 0 aliphatic heterocycles. The molecule has 106 valence electrons. The minimum atomic E-state index is -1.06. The Morgan fingerprint density at radius 3 is 2.57 bits per heavy atom. The summed E-state index contributed by atoms with van der Waals surface area (Å²) in [6.45, 7) is 1.43.